The molecular formula is C9H9N3OS. The molecule has 1 aromatic rings. The summed E-state index contributed by atoms with van der Waals surface area (Å²) in [6.45, 7) is 2.50. The van der Waals surface area contributed by atoms with Crippen molar-refractivity contribution >= 4 is 11.8 Å². The molecule has 72 valence electrons. The number of hydrogen-bond acceptors (Lipinski definition) is 4. The molecule has 0 spiro atoms. The summed E-state index contributed by atoms with van der Waals surface area (Å²) in [5.74, 6) is 0.900. The Kier molecular flexibility index (Phi) is 2.30. The zero-order chi connectivity index (χ0) is 10.1. The maximum Gasteiger partial charge on any atom is 0.258 e. The van der Waals surface area contributed by atoms with E-state index in [0.717, 1.165) is 10.9 Å². The Bertz CT molecular complexity index is 472. The first kappa shape index (κ1) is 9.28. The number of aromatic nitrogens is 2. The molecule has 0 N–H and O–H groups in total. The molecular weight excluding hydrogens is 198 g/mol. The number of nitrogens with zero attached hydrogens (tertiary/aromatic N) is 3. The fourth-order valence-corrected chi connectivity index (χ4v) is 2.48. The largest absolute Gasteiger partial charge is 0.287 e. The van der Waals surface area contributed by atoms with Crippen LogP contribution in [0.5, 0.6) is 0 Å². The lowest BCUT2D eigenvalue weighted by molar-refractivity contribution is 0.639. The Morgan fingerprint density at radius 1 is 1.71 bits per heavy atom. The van der Waals surface area contributed by atoms with Crippen molar-refractivity contribution in [2.24, 2.45) is 0 Å². The van der Waals surface area contributed by atoms with Crippen LogP contribution in [0.1, 0.15) is 11.3 Å². The summed E-state index contributed by atoms with van der Waals surface area (Å²) in [5.41, 5.74) is 1.19. The molecule has 2 rings (SSSR count). The highest BCUT2D eigenvalue weighted by molar-refractivity contribution is 7.99. The van der Waals surface area contributed by atoms with Gasteiger partial charge in [0.1, 0.15) is 0 Å². The van der Waals surface area contributed by atoms with Crippen molar-refractivity contribution in [2.75, 3.05) is 5.75 Å². The SMILES string of the molecule is Cc1nc2n(c(=O)c1CC#N)CCS2. The van der Waals surface area contributed by atoms with Gasteiger partial charge in [-0.15, -0.1) is 0 Å². The fraction of sp³-hybridized carbons (Fsp3) is 0.444. The summed E-state index contributed by atoms with van der Waals surface area (Å²) in [5, 5.41) is 9.37. The molecule has 0 fully saturated rings. The van der Waals surface area contributed by atoms with E-state index in [9.17, 15) is 4.79 Å². The van der Waals surface area contributed by atoms with Gasteiger partial charge in [0.2, 0.25) is 0 Å². The Labute approximate surface area is 85.6 Å². The monoisotopic (exact) mass is 207 g/mol. The number of fused-ring (bicyclic) bond motifs is 1. The van der Waals surface area contributed by atoms with E-state index in [1.165, 1.54) is 0 Å². The van der Waals surface area contributed by atoms with Crippen LogP contribution in [0.25, 0.3) is 0 Å². The minimum atomic E-state index is -0.0425. The lowest BCUT2D eigenvalue weighted by Gasteiger charge is -2.05. The predicted molar refractivity (Wildman–Crippen MR) is 53.3 cm³/mol. The third-order valence-corrected chi connectivity index (χ3v) is 3.19. The van der Waals surface area contributed by atoms with Gasteiger partial charge in [0.05, 0.1) is 23.7 Å². The molecule has 2 heterocycles. The van der Waals surface area contributed by atoms with E-state index in [4.69, 9.17) is 5.26 Å². The van der Waals surface area contributed by atoms with Crippen LogP contribution in [0, 0.1) is 18.3 Å². The third kappa shape index (κ3) is 1.32. The molecule has 14 heavy (non-hydrogen) atoms. The Balaban J connectivity index is 2.64. The summed E-state index contributed by atoms with van der Waals surface area (Å²) in [6, 6.07) is 2.00. The van der Waals surface area contributed by atoms with Crippen molar-refractivity contribution in [3.63, 3.8) is 0 Å². The van der Waals surface area contributed by atoms with E-state index in [0.29, 0.717) is 17.8 Å². The standard InChI is InChI=1S/C9H9N3OS/c1-6-7(2-3-10)8(13)12-4-5-14-9(12)11-6/h2,4-5H2,1H3. The summed E-state index contributed by atoms with van der Waals surface area (Å²) in [4.78, 5) is 16.1. The summed E-state index contributed by atoms with van der Waals surface area (Å²) < 4.78 is 1.66. The second-order valence-electron chi connectivity index (χ2n) is 3.10. The average molecular weight is 207 g/mol. The van der Waals surface area contributed by atoms with Crippen LogP contribution in [0.15, 0.2) is 9.95 Å². The number of thioether (sulfide) groups is 1. The molecule has 0 unspecified atom stereocenters. The van der Waals surface area contributed by atoms with Gasteiger partial charge in [0.25, 0.3) is 5.56 Å². The highest BCUT2D eigenvalue weighted by Gasteiger charge is 2.18. The number of hydrogen-bond donors (Lipinski definition) is 0. The quantitative estimate of drug-likeness (QED) is 0.637. The molecule has 4 nitrogen and oxygen atoms in total. The van der Waals surface area contributed by atoms with E-state index < -0.39 is 0 Å². The Morgan fingerprint density at radius 2 is 2.50 bits per heavy atom. The number of aryl methyl sites for hydroxylation is 1. The molecule has 0 aromatic carbocycles. The zero-order valence-corrected chi connectivity index (χ0v) is 8.60. The normalized spacial score (nSPS) is 13.7. The van der Waals surface area contributed by atoms with Crippen LogP contribution in [0.4, 0.5) is 0 Å². The molecule has 1 aromatic heterocycles. The highest BCUT2D eigenvalue weighted by Crippen LogP contribution is 2.21. The van der Waals surface area contributed by atoms with Gasteiger partial charge >= 0.3 is 0 Å². The van der Waals surface area contributed by atoms with E-state index >= 15 is 0 Å². The fourth-order valence-electron chi connectivity index (χ4n) is 1.49. The molecule has 1 aliphatic rings. The van der Waals surface area contributed by atoms with Crippen molar-refractivity contribution in [1.29, 1.82) is 5.26 Å². The van der Waals surface area contributed by atoms with Crippen molar-refractivity contribution in [2.45, 2.75) is 25.0 Å². The van der Waals surface area contributed by atoms with E-state index in [1.54, 1.807) is 23.3 Å². The predicted octanol–water partition coefficient (Wildman–Crippen LogP) is 0.723. The molecule has 0 amide bonds. The van der Waals surface area contributed by atoms with Crippen LogP contribution in [0.3, 0.4) is 0 Å². The summed E-state index contributed by atoms with van der Waals surface area (Å²) in [7, 11) is 0. The van der Waals surface area contributed by atoms with Gasteiger partial charge in [-0.25, -0.2) is 4.98 Å². The summed E-state index contributed by atoms with van der Waals surface area (Å²) >= 11 is 1.59. The molecule has 0 aliphatic carbocycles. The van der Waals surface area contributed by atoms with Crippen molar-refractivity contribution in [3.8, 4) is 6.07 Å². The van der Waals surface area contributed by atoms with Crippen LogP contribution < -0.4 is 5.56 Å². The van der Waals surface area contributed by atoms with E-state index in [1.807, 2.05) is 6.07 Å². The van der Waals surface area contributed by atoms with Gasteiger partial charge in [0, 0.05) is 12.3 Å². The minimum Gasteiger partial charge on any atom is -0.287 e. The lowest BCUT2D eigenvalue weighted by Crippen LogP contribution is -2.25. The molecule has 0 saturated carbocycles. The second kappa shape index (κ2) is 3.46. The first-order valence-electron chi connectivity index (χ1n) is 4.34. The Morgan fingerprint density at radius 3 is 3.21 bits per heavy atom. The third-order valence-electron chi connectivity index (χ3n) is 2.24. The van der Waals surface area contributed by atoms with Crippen molar-refractivity contribution in [1.82, 2.24) is 9.55 Å². The van der Waals surface area contributed by atoms with E-state index in [-0.39, 0.29) is 12.0 Å². The van der Waals surface area contributed by atoms with Crippen LogP contribution in [-0.4, -0.2) is 15.3 Å². The highest BCUT2D eigenvalue weighted by atomic mass is 32.2. The van der Waals surface area contributed by atoms with Crippen molar-refractivity contribution < 1.29 is 0 Å². The Hall–Kier alpha value is -1.28. The molecule has 5 heteroatoms. The van der Waals surface area contributed by atoms with Crippen LogP contribution in [0.2, 0.25) is 0 Å². The molecule has 0 atom stereocenters. The van der Waals surface area contributed by atoms with E-state index in [2.05, 4.69) is 4.98 Å². The topological polar surface area (TPSA) is 58.7 Å². The first-order valence-corrected chi connectivity index (χ1v) is 5.32. The van der Waals surface area contributed by atoms with Crippen molar-refractivity contribution in [3.05, 3.63) is 21.6 Å². The van der Waals surface area contributed by atoms with Gasteiger partial charge in [-0.1, -0.05) is 11.8 Å². The maximum atomic E-state index is 11.8. The molecule has 1 aliphatic heterocycles. The zero-order valence-electron chi connectivity index (χ0n) is 7.78. The molecule has 0 bridgehead atoms. The van der Waals surface area contributed by atoms with Gasteiger partial charge in [0.15, 0.2) is 5.16 Å². The molecule has 0 radical (unpaired) electrons. The average Bonchev–Trinajstić information content (AvgIpc) is 2.60. The number of nitriles is 1. The van der Waals surface area contributed by atoms with Crippen LogP contribution in [-0.2, 0) is 13.0 Å². The van der Waals surface area contributed by atoms with Crippen LogP contribution >= 0.6 is 11.8 Å². The molecule has 0 saturated heterocycles. The van der Waals surface area contributed by atoms with Gasteiger partial charge < -0.3 is 0 Å². The maximum absolute atomic E-state index is 11.8. The number of rotatable bonds is 1. The lowest BCUT2D eigenvalue weighted by atomic mass is 10.2. The first-order chi connectivity index (χ1) is 6.74. The summed E-state index contributed by atoms with van der Waals surface area (Å²) in [6.07, 6.45) is 0.155. The van der Waals surface area contributed by atoms with Gasteiger partial charge in [-0.3, -0.25) is 9.36 Å². The second-order valence-corrected chi connectivity index (χ2v) is 4.16. The smallest absolute Gasteiger partial charge is 0.258 e. The van der Waals surface area contributed by atoms with Gasteiger partial charge in [-0.05, 0) is 6.92 Å². The minimum absolute atomic E-state index is 0.0425. The van der Waals surface area contributed by atoms with Gasteiger partial charge in [-0.2, -0.15) is 5.26 Å².